The van der Waals surface area contributed by atoms with Crippen molar-refractivity contribution in [3.05, 3.63) is 0 Å². The molecule has 1 saturated heterocycles. The van der Waals surface area contributed by atoms with Crippen LogP contribution in [0.4, 0.5) is 13.2 Å². The van der Waals surface area contributed by atoms with E-state index in [1.807, 2.05) is 0 Å². The van der Waals surface area contributed by atoms with E-state index in [2.05, 4.69) is 24.1 Å². The fourth-order valence-electron chi connectivity index (χ4n) is 2.27. The zero-order chi connectivity index (χ0) is 13.6. The third-order valence-corrected chi connectivity index (χ3v) is 3.75. The predicted molar refractivity (Wildman–Crippen MR) is 70.8 cm³/mol. The molecule has 0 aromatic heterocycles. The summed E-state index contributed by atoms with van der Waals surface area (Å²) in [6.45, 7) is 8.09. The largest absolute Gasteiger partial charge is 0.441 e. The van der Waals surface area contributed by atoms with Crippen molar-refractivity contribution >= 4 is 11.8 Å². The number of rotatable bonds is 6. The Labute approximate surface area is 112 Å². The molecule has 0 aromatic carbocycles. The monoisotopic (exact) mass is 284 g/mol. The molecule has 0 bridgehead atoms. The fourth-order valence-corrected chi connectivity index (χ4v) is 2.72. The maximum atomic E-state index is 11.9. The van der Waals surface area contributed by atoms with Gasteiger partial charge in [-0.3, -0.25) is 0 Å². The first-order valence-electron chi connectivity index (χ1n) is 6.53. The summed E-state index contributed by atoms with van der Waals surface area (Å²) in [5.41, 5.74) is -4.09. The van der Waals surface area contributed by atoms with Crippen molar-refractivity contribution in [3.63, 3.8) is 0 Å². The second-order valence-corrected chi connectivity index (χ2v) is 6.38. The second-order valence-electron chi connectivity index (χ2n) is 5.22. The standard InChI is InChI=1S/C12H23F3N2S/c1-10(2)9-17-6-3-11(4-7-17)16-5-8-18-12(13,14)15/h10-11,16H,3-9H2,1-2H3. The predicted octanol–water partition coefficient (Wildman–Crippen LogP) is 2.95. The van der Waals surface area contributed by atoms with Crippen LogP contribution in [-0.2, 0) is 0 Å². The first-order valence-corrected chi connectivity index (χ1v) is 7.52. The number of nitrogens with zero attached hydrogens (tertiary/aromatic N) is 1. The number of alkyl halides is 3. The molecule has 0 atom stereocenters. The van der Waals surface area contributed by atoms with Gasteiger partial charge in [-0.15, -0.1) is 0 Å². The van der Waals surface area contributed by atoms with Gasteiger partial charge in [-0.25, -0.2) is 0 Å². The van der Waals surface area contributed by atoms with Crippen molar-refractivity contribution in [2.75, 3.05) is 31.9 Å². The molecule has 1 N–H and O–H groups in total. The quantitative estimate of drug-likeness (QED) is 0.755. The van der Waals surface area contributed by atoms with Crippen LogP contribution in [0.15, 0.2) is 0 Å². The summed E-state index contributed by atoms with van der Waals surface area (Å²) < 4.78 is 35.8. The molecule has 0 saturated carbocycles. The minimum atomic E-state index is -4.09. The van der Waals surface area contributed by atoms with Crippen LogP contribution in [0.1, 0.15) is 26.7 Å². The SMILES string of the molecule is CC(C)CN1CCC(NCCSC(F)(F)F)CC1. The Balaban J connectivity index is 2.05. The van der Waals surface area contributed by atoms with Crippen molar-refractivity contribution in [1.29, 1.82) is 0 Å². The van der Waals surface area contributed by atoms with E-state index < -0.39 is 5.51 Å². The van der Waals surface area contributed by atoms with Crippen LogP contribution in [0.2, 0.25) is 0 Å². The molecule has 18 heavy (non-hydrogen) atoms. The number of nitrogens with one attached hydrogen (secondary N) is 1. The molecule has 1 heterocycles. The number of likely N-dealkylation sites (tertiary alicyclic amines) is 1. The Morgan fingerprint density at radius 3 is 2.39 bits per heavy atom. The van der Waals surface area contributed by atoms with Crippen LogP contribution < -0.4 is 5.32 Å². The second kappa shape index (κ2) is 7.60. The van der Waals surface area contributed by atoms with Crippen molar-refractivity contribution in [2.24, 2.45) is 5.92 Å². The average Bonchev–Trinajstić information content (AvgIpc) is 2.24. The third kappa shape index (κ3) is 7.48. The summed E-state index contributed by atoms with van der Waals surface area (Å²) >= 11 is 0.0582. The molecule has 6 heteroatoms. The van der Waals surface area contributed by atoms with E-state index in [1.165, 1.54) is 0 Å². The highest BCUT2D eigenvalue weighted by Crippen LogP contribution is 2.29. The first-order chi connectivity index (χ1) is 8.37. The summed E-state index contributed by atoms with van der Waals surface area (Å²) in [5, 5.41) is 3.22. The summed E-state index contributed by atoms with van der Waals surface area (Å²) in [7, 11) is 0. The Morgan fingerprint density at radius 1 is 1.28 bits per heavy atom. The van der Waals surface area contributed by atoms with Gasteiger partial charge in [0, 0.05) is 24.9 Å². The van der Waals surface area contributed by atoms with Crippen molar-refractivity contribution in [3.8, 4) is 0 Å². The number of piperidine rings is 1. The maximum absolute atomic E-state index is 11.9. The lowest BCUT2D eigenvalue weighted by Gasteiger charge is -2.33. The molecule has 0 amide bonds. The number of halogens is 3. The minimum Gasteiger partial charge on any atom is -0.313 e. The molecular formula is C12H23F3N2S. The third-order valence-electron chi connectivity index (χ3n) is 3.01. The van der Waals surface area contributed by atoms with E-state index in [1.54, 1.807) is 0 Å². The van der Waals surface area contributed by atoms with Gasteiger partial charge < -0.3 is 10.2 Å². The van der Waals surface area contributed by atoms with Crippen molar-refractivity contribution in [2.45, 2.75) is 38.2 Å². The highest BCUT2D eigenvalue weighted by atomic mass is 32.2. The maximum Gasteiger partial charge on any atom is 0.441 e. The Morgan fingerprint density at radius 2 is 1.89 bits per heavy atom. The smallest absolute Gasteiger partial charge is 0.313 e. The first kappa shape index (κ1) is 16.1. The van der Waals surface area contributed by atoms with Crippen LogP contribution in [0.5, 0.6) is 0 Å². The Kier molecular flexibility index (Phi) is 6.81. The van der Waals surface area contributed by atoms with E-state index in [0.29, 0.717) is 18.5 Å². The molecule has 0 unspecified atom stereocenters. The summed E-state index contributed by atoms with van der Waals surface area (Å²) in [6, 6.07) is 0.391. The molecule has 0 spiro atoms. The van der Waals surface area contributed by atoms with Gasteiger partial charge in [-0.05, 0) is 43.6 Å². The molecular weight excluding hydrogens is 261 g/mol. The van der Waals surface area contributed by atoms with Gasteiger partial charge in [0.2, 0.25) is 0 Å². The molecule has 108 valence electrons. The van der Waals surface area contributed by atoms with Gasteiger partial charge in [0.15, 0.2) is 0 Å². The summed E-state index contributed by atoms with van der Waals surface area (Å²) in [6.07, 6.45) is 2.09. The topological polar surface area (TPSA) is 15.3 Å². The van der Waals surface area contributed by atoms with Crippen LogP contribution in [0.3, 0.4) is 0 Å². The molecule has 2 nitrogen and oxygen atoms in total. The van der Waals surface area contributed by atoms with Gasteiger partial charge in [0.1, 0.15) is 0 Å². The van der Waals surface area contributed by atoms with Crippen LogP contribution in [-0.4, -0.2) is 48.4 Å². The van der Waals surface area contributed by atoms with E-state index in [4.69, 9.17) is 0 Å². The lowest BCUT2D eigenvalue weighted by Crippen LogP contribution is -2.44. The number of hydrogen-bond donors (Lipinski definition) is 1. The van der Waals surface area contributed by atoms with Crippen molar-refractivity contribution in [1.82, 2.24) is 10.2 Å². The molecule has 0 aliphatic carbocycles. The number of hydrogen-bond acceptors (Lipinski definition) is 3. The van der Waals surface area contributed by atoms with Gasteiger partial charge in [-0.1, -0.05) is 13.8 Å². The summed E-state index contributed by atoms with van der Waals surface area (Å²) in [4.78, 5) is 2.44. The molecule has 1 aliphatic heterocycles. The molecule has 0 aromatic rings. The van der Waals surface area contributed by atoms with Crippen molar-refractivity contribution < 1.29 is 13.2 Å². The zero-order valence-corrected chi connectivity index (χ0v) is 11.9. The average molecular weight is 284 g/mol. The Hall–Kier alpha value is 0.0600. The van der Waals surface area contributed by atoms with E-state index >= 15 is 0 Å². The van der Waals surface area contributed by atoms with Crippen LogP contribution >= 0.6 is 11.8 Å². The lowest BCUT2D eigenvalue weighted by molar-refractivity contribution is -0.0327. The number of thioether (sulfide) groups is 1. The van der Waals surface area contributed by atoms with E-state index in [-0.39, 0.29) is 17.5 Å². The molecule has 0 radical (unpaired) electrons. The van der Waals surface area contributed by atoms with Gasteiger partial charge >= 0.3 is 5.51 Å². The molecule has 1 fully saturated rings. The van der Waals surface area contributed by atoms with Crippen LogP contribution in [0, 0.1) is 5.92 Å². The van der Waals surface area contributed by atoms with E-state index in [9.17, 15) is 13.2 Å². The normalized spacial score (nSPS) is 19.7. The van der Waals surface area contributed by atoms with Gasteiger partial charge in [0.25, 0.3) is 0 Å². The Bertz CT molecular complexity index is 226. The molecule has 1 aliphatic rings. The minimum absolute atomic E-state index is 0.0582. The lowest BCUT2D eigenvalue weighted by atomic mass is 10.0. The van der Waals surface area contributed by atoms with E-state index in [0.717, 1.165) is 32.5 Å². The van der Waals surface area contributed by atoms with Crippen LogP contribution in [0.25, 0.3) is 0 Å². The molecule has 1 rings (SSSR count). The van der Waals surface area contributed by atoms with Gasteiger partial charge in [-0.2, -0.15) is 13.2 Å². The fraction of sp³-hybridized carbons (Fsp3) is 1.00. The summed E-state index contributed by atoms with van der Waals surface area (Å²) in [5.74, 6) is 0.785. The highest BCUT2D eigenvalue weighted by molar-refractivity contribution is 8.00. The zero-order valence-electron chi connectivity index (χ0n) is 11.1. The highest BCUT2D eigenvalue weighted by Gasteiger charge is 2.27. The van der Waals surface area contributed by atoms with Gasteiger partial charge in [0.05, 0.1) is 0 Å².